The molecule has 0 radical (unpaired) electrons. The fraction of sp³-hybridized carbons (Fsp3) is 0.600. The average molecular weight is 248 g/mol. The van der Waals surface area contributed by atoms with E-state index in [0.717, 1.165) is 25.1 Å². The highest BCUT2D eigenvalue weighted by Gasteiger charge is 2.34. The fourth-order valence-electron chi connectivity index (χ4n) is 2.86. The lowest BCUT2D eigenvalue weighted by Crippen LogP contribution is -2.53. The van der Waals surface area contributed by atoms with E-state index in [4.69, 9.17) is 10.5 Å². The van der Waals surface area contributed by atoms with Crippen LogP contribution in [0.4, 0.5) is 5.69 Å². The summed E-state index contributed by atoms with van der Waals surface area (Å²) in [6.45, 7) is 8.24. The van der Waals surface area contributed by atoms with Gasteiger partial charge >= 0.3 is 0 Å². The van der Waals surface area contributed by atoms with Gasteiger partial charge in [0.1, 0.15) is 5.75 Å². The molecule has 1 aliphatic rings. The third-order valence-electron chi connectivity index (χ3n) is 3.67. The number of nitrogens with two attached hydrogens (primary N) is 1. The van der Waals surface area contributed by atoms with Gasteiger partial charge in [-0.2, -0.15) is 0 Å². The molecule has 18 heavy (non-hydrogen) atoms. The minimum absolute atomic E-state index is 0.0882. The second-order valence-corrected chi connectivity index (χ2v) is 5.62. The summed E-state index contributed by atoms with van der Waals surface area (Å²) in [5.41, 5.74) is 7.37. The standard InChI is InChI=1S/C15H24N2O/c1-4-18-14-8-6-5-7-13(14)17-10-9-12(16)11-15(17,2)3/h5-8,12H,4,9-11,16H2,1-3H3. The maximum atomic E-state index is 6.09. The van der Waals surface area contributed by atoms with Gasteiger partial charge in [0, 0.05) is 18.1 Å². The molecular weight excluding hydrogens is 224 g/mol. The van der Waals surface area contributed by atoms with E-state index >= 15 is 0 Å². The summed E-state index contributed by atoms with van der Waals surface area (Å²) in [7, 11) is 0. The van der Waals surface area contributed by atoms with E-state index in [9.17, 15) is 0 Å². The Morgan fingerprint density at radius 3 is 2.78 bits per heavy atom. The molecule has 0 aliphatic carbocycles. The Hall–Kier alpha value is -1.22. The molecule has 1 saturated heterocycles. The predicted molar refractivity (Wildman–Crippen MR) is 76.2 cm³/mol. The van der Waals surface area contributed by atoms with Crippen molar-refractivity contribution in [3.8, 4) is 5.75 Å². The summed E-state index contributed by atoms with van der Waals surface area (Å²) < 4.78 is 5.74. The van der Waals surface area contributed by atoms with Crippen molar-refractivity contribution < 1.29 is 4.74 Å². The SMILES string of the molecule is CCOc1ccccc1N1CCC(N)CC1(C)C. The Labute approximate surface area is 110 Å². The lowest BCUT2D eigenvalue weighted by Gasteiger charge is -2.46. The van der Waals surface area contributed by atoms with E-state index in [1.54, 1.807) is 0 Å². The molecule has 3 nitrogen and oxygen atoms in total. The van der Waals surface area contributed by atoms with E-state index in [2.05, 4.69) is 30.9 Å². The first-order valence-corrected chi connectivity index (χ1v) is 6.79. The van der Waals surface area contributed by atoms with Gasteiger partial charge in [-0.25, -0.2) is 0 Å². The van der Waals surface area contributed by atoms with Crippen molar-refractivity contribution in [3.05, 3.63) is 24.3 Å². The number of benzene rings is 1. The minimum Gasteiger partial charge on any atom is -0.492 e. The van der Waals surface area contributed by atoms with Gasteiger partial charge in [0.2, 0.25) is 0 Å². The van der Waals surface area contributed by atoms with Gasteiger partial charge in [-0.1, -0.05) is 12.1 Å². The van der Waals surface area contributed by atoms with Gasteiger partial charge in [0.25, 0.3) is 0 Å². The quantitative estimate of drug-likeness (QED) is 0.894. The van der Waals surface area contributed by atoms with Crippen molar-refractivity contribution in [2.75, 3.05) is 18.1 Å². The smallest absolute Gasteiger partial charge is 0.142 e. The van der Waals surface area contributed by atoms with Crippen molar-refractivity contribution in [2.45, 2.75) is 45.2 Å². The largest absolute Gasteiger partial charge is 0.492 e. The summed E-state index contributed by atoms with van der Waals surface area (Å²) in [6.07, 6.45) is 2.07. The third-order valence-corrected chi connectivity index (χ3v) is 3.67. The van der Waals surface area contributed by atoms with Gasteiger partial charge in [-0.3, -0.25) is 0 Å². The summed E-state index contributed by atoms with van der Waals surface area (Å²) in [4.78, 5) is 2.43. The Morgan fingerprint density at radius 2 is 2.11 bits per heavy atom. The molecule has 2 N–H and O–H groups in total. The highest BCUT2D eigenvalue weighted by atomic mass is 16.5. The number of nitrogens with zero attached hydrogens (tertiary/aromatic N) is 1. The molecule has 0 saturated carbocycles. The van der Waals surface area contributed by atoms with Crippen LogP contribution in [0.1, 0.15) is 33.6 Å². The second kappa shape index (κ2) is 5.19. The number of ether oxygens (including phenoxy) is 1. The van der Waals surface area contributed by atoms with Crippen LogP contribution in [0.2, 0.25) is 0 Å². The van der Waals surface area contributed by atoms with Crippen LogP contribution in [0.5, 0.6) is 5.75 Å². The number of anilines is 1. The first-order valence-electron chi connectivity index (χ1n) is 6.79. The molecule has 0 amide bonds. The average Bonchev–Trinajstić information content (AvgIpc) is 2.29. The topological polar surface area (TPSA) is 38.5 Å². The fourth-order valence-corrected chi connectivity index (χ4v) is 2.86. The number of rotatable bonds is 3. The lowest BCUT2D eigenvalue weighted by atomic mass is 9.87. The molecule has 0 spiro atoms. The molecule has 0 bridgehead atoms. The Kier molecular flexibility index (Phi) is 3.81. The minimum atomic E-state index is 0.0882. The molecule has 2 rings (SSSR count). The monoisotopic (exact) mass is 248 g/mol. The van der Waals surface area contributed by atoms with E-state index in [0.29, 0.717) is 12.6 Å². The molecule has 1 unspecified atom stereocenters. The molecule has 100 valence electrons. The van der Waals surface area contributed by atoms with E-state index in [-0.39, 0.29) is 5.54 Å². The highest BCUT2D eigenvalue weighted by molar-refractivity contribution is 5.60. The number of hydrogen-bond donors (Lipinski definition) is 1. The molecule has 1 aliphatic heterocycles. The molecule has 1 heterocycles. The second-order valence-electron chi connectivity index (χ2n) is 5.62. The van der Waals surface area contributed by atoms with Crippen LogP contribution in [0.3, 0.4) is 0 Å². The number of para-hydroxylation sites is 2. The summed E-state index contributed by atoms with van der Waals surface area (Å²) in [5.74, 6) is 0.976. The van der Waals surface area contributed by atoms with Gasteiger partial charge in [0.05, 0.1) is 12.3 Å². The summed E-state index contributed by atoms with van der Waals surface area (Å²) in [6, 6.07) is 8.60. The van der Waals surface area contributed by atoms with Crippen molar-refractivity contribution in [3.63, 3.8) is 0 Å². The van der Waals surface area contributed by atoms with Crippen LogP contribution in [0.25, 0.3) is 0 Å². The zero-order valence-corrected chi connectivity index (χ0v) is 11.6. The van der Waals surface area contributed by atoms with Crippen molar-refractivity contribution in [1.29, 1.82) is 0 Å². The molecule has 0 aromatic heterocycles. The van der Waals surface area contributed by atoms with Crippen molar-refractivity contribution in [2.24, 2.45) is 5.73 Å². The zero-order valence-electron chi connectivity index (χ0n) is 11.6. The maximum Gasteiger partial charge on any atom is 0.142 e. The van der Waals surface area contributed by atoms with Crippen LogP contribution < -0.4 is 15.4 Å². The molecule has 3 heteroatoms. The van der Waals surface area contributed by atoms with Crippen LogP contribution >= 0.6 is 0 Å². The third kappa shape index (κ3) is 2.61. The van der Waals surface area contributed by atoms with Crippen LogP contribution in [-0.2, 0) is 0 Å². The Morgan fingerprint density at radius 1 is 1.39 bits per heavy atom. The van der Waals surface area contributed by atoms with Gasteiger partial charge in [0.15, 0.2) is 0 Å². The Bertz CT molecular complexity index is 403. The lowest BCUT2D eigenvalue weighted by molar-refractivity contribution is 0.311. The van der Waals surface area contributed by atoms with Crippen LogP contribution in [0.15, 0.2) is 24.3 Å². The normalized spacial score (nSPS) is 22.9. The van der Waals surface area contributed by atoms with Crippen LogP contribution in [-0.4, -0.2) is 24.7 Å². The van der Waals surface area contributed by atoms with Crippen molar-refractivity contribution in [1.82, 2.24) is 0 Å². The molecule has 1 aromatic rings. The highest BCUT2D eigenvalue weighted by Crippen LogP contribution is 2.37. The van der Waals surface area contributed by atoms with Gasteiger partial charge in [-0.15, -0.1) is 0 Å². The number of piperidine rings is 1. The Balaban J connectivity index is 2.30. The van der Waals surface area contributed by atoms with Crippen molar-refractivity contribution >= 4 is 5.69 Å². The molecule has 1 fully saturated rings. The van der Waals surface area contributed by atoms with E-state index < -0.39 is 0 Å². The molecule has 1 atom stereocenters. The van der Waals surface area contributed by atoms with E-state index in [1.807, 2.05) is 19.1 Å². The summed E-state index contributed by atoms with van der Waals surface area (Å²) in [5, 5.41) is 0. The van der Waals surface area contributed by atoms with Gasteiger partial charge < -0.3 is 15.4 Å². The van der Waals surface area contributed by atoms with E-state index in [1.165, 1.54) is 5.69 Å². The molecule has 1 aromatic carbocycles. The molecular formula is C15H24N2O. The summed E-state index contributed by atoms with van der Waals surface area (Å²) >= 11 is 0. The van der Waals surface area contributed by atoms with Crippen LogP contribution in [0, 0.1) is 0 Å². The predicted octanol–water partition coefficient (Wildman–Crippen LogP) is 2.79. The first-order chi connectivity index (χ1) is 8.54. The van der Waals surface area contributed by atoms with Gasteiger partial charge in [-0.05, 0) is 45.7 Å². The zero-order chi connectivity index (χ0) is 13.2. The maximum absolute atomic E-state index is 6.09. The number of hydrogen-bond acceptors (Lipinski definition) is 3. The first kappa shape index (κ1) is 13.2.